The number of aromatic nitrogens is 1. The molecule has 0 aliphatic rings. The summed E-state index contributed by atoms with van der Waals surface area (Å²) >= 11 is 6.91. The molecule has 0 spiro atoms. The number of benzene rings is 1. The van der Waals surface area contributed by atoms with Crippen LogP contribution in [0.25, 0.3) is 11.3 Å². The second-order valence-corrected chi connectivity index (χ2v) is 5.15. The summed E-state index contributed by atoms with van der Waals surface area (Å²) < 4.78 is 7.43. The maximum atomic E-state index is 5.42. The topological polar surface area (TPSA) is 38.1 Å². The van der Waals surface area contributed by atoms with Gasteiger partial charge in [0, 0.05) is 21.1 Å². The highest BCUT2D eigenvalue weighted by Gasteiger charge is 2.11. The minimum atomic E-state index is 0.690. The zero-order chi connectivity index (χ0) is 11.5. The van der Waals surface area contributed by atoms with E-state index < -0.39 is 0 Å². The van der Waals surface area contributed by atoms with Gasteiger partial charge in [-0.05, 0) is 25.2 Å². The van der Waals surface area contributed by atoms with Gasteiger partial charge in [-0.1, -0.05) is 31.9 Å². The summed E-state index contributed by atoms with van der Waals surface area (Å²) in [6.45, 7) is 0.690. The van der Waals surface area contributed by atoms with Crippen LogP contribution < -0.4 is 5.32 Å². The van der Waals surface area contributed by atoms with Gasteiger partial charge in [0.05, 0.1) is 0 Å². The Morgan fingerprint density at radius 2 is 1.94 bits per heavy atom. The summed E-state index contributed by atoms with van der Waals surface area (Å²) in [6, 6.07) is 5.99. The molecule has 5 heteroatoms. The fourth-order valence-electron chi connectivity index (χ4n) is 1.48. The van der Waals surface area contributed by atoms with Crippen LogP contribution in [0.5, 0.6) is 0 Å². The van der Waals surface area contributed by atoms with E-state index in [1.807, 2.05) is 25.2 Å². The van der Waals surface area contributed by atoms with Gasteiger partial charge in [-0.25, -0.2) is 4.98 Å². The number of nitrogens with zero attached hydrogens (tertiary/aromatic N) is 1. The highest BCUT2D eigenvalue weighted by molar-refractivity contribution is 9.11. The van der Waals surface area contributed by atoms with Crippen molar-refractivity contribution in [1.29, 1.82) is 0 Å². The lowest BCUT2D eigenvalue weighted by Crippen LogP contribution is -2.06. The van der Waals surface area contributed by atoms with Crippen molar-refractivity contribution >= 4 is 31.9 Å². The zero-order valence-corrected chi connectivity index (χ0v) is 11.8. The van der Waals surface area contributed by atoms with Crippen LogP contribution in [0, 0.1) is 0 Å². The van der Waals surface area contributed by atoms with Crippen LogP contribution in [0.3, 0.4) is 0 Å². The van der Waals surface area contributed by atoms with Crippen molar-refractivity contribution in [3.8, 4) is 11.3 Å². The average Bonchev–Trinajstić information content (AvgIpc) is 2.65. The first kappa shape index (κ1) is 11.8. The van der Waals surface area contributed by atoms with Gasteiger partial charge >= 0.3 is 0 Å². The third-order valence-corrected chi connectivity index (χ3v) is 3.03. The Bertz CT molecular complexity index is 476. The van der Waals surface area contributed by atoms with Crippen LogP contribution >= 0.6 is 31.9 Å². The molecule has 0 saturated heterocycles. The summed E-state index contributed by atoms with van der Waals surface area (Å²) in [5, 5.41) is 3.06. The Labute approximate surface area is 111 Å². The molecule has 84 valence electrons. The van der Waals surface area contributed by atoms with E-state index in [0.29, 0.717) is 6.54 Å². The molecule has 0 atom stereocenters. The first-order valence-electron chi connectivity index (χ1n) is 4.74. The molecule has 0 fully saturated rings. The van der Waals surface area contributed by atoms with Crippen molar-refractivity contribution in [3.63, 3.8) is 0 Å². The minimum Gasteiger partial charge on any atom is -0.443 e. The van der Waals surface area contributed by atoms with Gasteiger partial charge in [-0.15, -0.1) is 0 Å². The number of rotatable bonds is 3. The van der Waals surface area contributed by atoms with E-state index >= 15 is 0 Å². The largest absolute Gasteiger partial charge is 0.443 e. The van der Waals surface area contributed by atoms with Gasteiger partial charge in [-0.2, -0.15) is 0 Å². The third kappa shape index (κ3) is 2.53. The normalized spacial score (nSPS) is 10.7. The third-order valence-electron chi connectivity index (χ3n) is 2.11. The van der Waals surface area contributed by atoms with Crippen LogP contribution in [0.4, 0.5) is 0 Å². The molecule has 0 bridgehead atoms. The molecule has 16 heavy (non-hydrogen) atoms. The van der Waals surface area contributed by atoms with Crippen molar-refractivity contribution in [2.75, 3.05) is 7.05 Å². The number of nitrogens with one attached hydrogen (secondary N) is 1. The first-order valence-corrected chi connectivity index (χ1v) is 6.32. The molecule has 2 rings (SSSR count). The van der Waals surface area contributed by atoms with Gasteiger partial charge < -0.3 is 9.73 Å². The van der Waals surface area contributed by atoms with Crippen molar-refractivity contribution in [2.45, 2.75) is 6.54 Å². The molecule has 0 amide bonds. The van der Waals surface area contributed by atoms with E-state index in [0.717, 1.165) is 26.0 Å². The van der Waals surface area contributed by atoms with E-state index in [2.05, 4.69) is 42.2 Å². The van der Waals surface area contributed by atoms with Crippen LogP contribution in [0.2, 0.25) is 0 Å². The predicted octanol–water partition coefficient (Wildman–Crippen LogP) is 3.59. The lowest BCUT2D eigenvalue weighted by atomic mass is 10.1. The molecule has 1 N–H and O–H groups in total. The number of oxazole rings is 1. The summed E-state index contributed by atoms with van der Waals surface area (Å²) in [6.07, 6.45) is 1.47. The van der Waals surface area contributed by atoms with Gasteiger partial charge in [0.2, 0.25) is 0 Å². The monoisotopic (exact) mass is 344 g/mol. The Hall–Kier alpha value is -0.650. The molecular formula is C11H10Br2N2O. The molecule has 0 aliphatic carbocycles. The molecule has 0 aliphatic heterocycles. The maximum absolute atomic E-state index is 5.42. The van der Waals surface area contributed by atoms with E-state index in [4.69, 9.17) is 4.42 Å². The quantitative estimate of drug-likeness (QED) is 0.923. The fourth-order valence-corrected chi connectivity index (χ4v) is 2.78. The smallest absolute Gasteiger partial charge is 0.181 e. The van der Waals surface area contributed by atoms with Crippen LogP contribution in [-0.2, 0) is 6.54 Å². The van der Waals surface area contributed by atoms with Gasteiger partial charge in [0.15, 0.2) is 12.2 Å². The molecule has 3 nitrogen and oxygen atoms in total. The Balaban J connectivity index is 2.45. The molecule has 1 aromatic heterocycles. The van der Waals surface area contributed by atoms with Gasteiger partial charge in [0.1, 0.15) is 5.69 Å². The van der Waals surface area contributed by atoms with Crippen LogP contribution in [0.1, 0.15) is 5.69 Å². The maximum Gasteiger partial charge on any atom is 0.181 e. The molecule has 0 unspecified atom stereocenters. The Morgan fingerprint density at radius 1 is 1.25 bits per heavy atom. The number of hydrogen-bond acceptors (Lipinski definition) is 3. The van der Waals surface area contributed by atoms with Crippen LogP contribution in [-0.4, -0.2) is 12.0 Å². The zero-order valence-electron chi connectivity index (χ0n) is 8.63. The number of hydrogen-bond donors (Lipinski definition) is 1. The molecule has 0 saturated carbocycles. The predicted molar refractivity (Wildman–Crippen MR) is 70.1 cm³/mol. The first-order chi connectivity index (χ1) is 7.70. The van der Waals surface area contributed by atoms with E-state index in [1.165, 1.54) is 6.39 Å². The van der Waals surface area contributed by atoms with Gasteiger partial charge in [0.25, 0.3) is 0 Å². The standard InChI is InChI=1S/C11H10Br2N2O/c1-14-5-10-11(16-6-15-10)7-2-8(12)4-9(13)3-7/h2-4,6,14H,5H2,1H3. The summed E-state index contributed by atoms with van der Waals surface area (Å²) in [5.74, 6) is 0.802. The summed E-state index contributed by atoms with van der Waals surface area (Å²) in [4.78, 5) is 4.18. The lowest BCUT2D eigenvalue weighted by Gasteiger charge is -2.02. The van der Waals surface area contributed by atoms with Crippen molar-refractivity contribution in [2.24, 2.45) is 0 Å². The Morgan fingerprint density at radius 3 is 2.56 bits per heavy atom. The summed E-state index contributed by atoms with van der Waals surface area (Å²) in [5.41, 5.74) is 1.91. The SMILES string of the molecule is CNCc1ncoc1-c1cc(Br)cc(Br)c1. The molecule has 0 radical (unpaired) electrons. The van der Waals surface area contributed by atoms with E-state index in [1.54, 1.807) is 0 Å². The Kier molecular flexibility index (Phi) is 3.78. The lowest BCUT2D eigenvalue weighted by molar-refractivity contribution is 0.570. The van der Waals surface area contributed by atoms with Crippen LogP contribution in [0.15, 0.2) is 38.0 Å². The molecule has 2 aromatic rings. The fraction of sp³-hybridized carbons (Fsp3) is 0.182. The molecular weight excluding hydrogens is 336 g/mol. The minimum absolute atomic E-state index is 0.690. The van der Waals surface area contributed by atoms with Gasteiger partial charge in [-0.3, -0.25) is 0 Å². The van der Waals surface area contributed by atoms with Crippen molar-refractivity contribution in [3.05, 3.63) is 39.2 Å². The average molecular weight is 346 g/mol. The van der Waals surface area contributed by atoms with Crippen molar-refractivity contribution < 1.29 is 4.42 Å². The highest BCUT2D eigenvalue weighted by atomic mass is 79.9. The number of halogens is 2. The van der Waals surface area contributed by atoms with E-state index in [-0.39, 0.29) is 0 Å². The second-order valence-electron chi connectivity index (χ2n) is 3.32. The molecule has 1 aromatic carbocycles. The van der Waals surface area contributed by atoms with E-state index in [9.17, 15) is 0 Å². The summed E-state index contributed by atoms with van der Waals surface area (Å²) in [7, 11) is 1.88. The molecule has 1 heterocycles. The second kappa shape index (κ2) is 5.12. The highest BCUT2D eigenvalue weighted by Crippen LogP contribution is 2.29. The van der Waals surface area contributed by atoms with Crippen molar-refractivity contribution in [1.82, 2.24) is 10.3 Å².